The van der Waals surface area contributed by atoms with Crippen LogP contribution in [0.2, 0.25) is 5.02 Å². The maximum atomic E-state index is 8.63. The van der Waals surface area contributed by atoms with E-state index in [4.69, 9.17) is 26.3 Å². The lowest BCUT2D eigenvalue weighted by Gasteiger charge is -2.14. The normalized spacial score (nSPS) is 10.9. The number of hydrogen-bond donors (Lipinski definition) is 1. The van der Waals surface area contributed by atoms with Gasteiger partial charge < -0.3 is 14.7 Å². The van der Waals surface area contributed by atoms with E-state index in [9.17, 15) is 0 Å². The van der Waals surface area contributed by atoms with Gasteiger partial charge in [-0.25, -0.2) is 0 Å². The Morgan fingerprint density at radius 3 is 2.73 bits per heavy atom. The molecule has 0 heterocycles. The lowest BCUT2D eigenvalue weighted by molar-refractivity contribution is 0.269. The van der Waals surface area contributed by atoms with Gasteiger partial charge in [-0.3, -0.25) is 0 Å². The minimum atomic E-state index is 0.398. The van der Waals surface area contributed by atoms with Gasteiger partial charge in [0.1, 0.15) is 6.61 Å². The quantitative estimate of drug-likeness (QED) is 0.486. The first kappa shape index (κ1) is 16.2. The van der Waals surface area contributed by atoms with Crippen LogP contribution in [-0.2, 0) is 6.61 Å². The minimum absolute atomic E-state index is 0.398. The lowest BCUT2D eigenvalue weighted by Crippen LogP contribution is -2.01. The summed E-state index contributed by atoms with van der Waals surface area (Å²) in [6, 6.07) is 11.5. The first-order valence-corrected chi connectivity index (χ1v) is 7.34. The molecule has 1 N–H and O–H groups in total. The summed E-state index contributed by atoms with van der Waals surface area (Å²) in [6.45, 7) is 4.79. The highest BCUT2D eigenvalue weighted by molar-refractivity contribution is 6.32. The Balaban J connectivity index is 2.25. The average molecular weight is 320 g/mol. The molecular formula is C17H18ClNO3. The molecule has 0 saturated heterocycles. The van der Waals surface area contributed by atoms with Gasteiger partial charge in [-0.05, 0) is 31.5 Å². The third kappa shape index (κ3) is 4.15. The fourth-order valence-electron chi connectivity index (χ4n) is 2.09. The third-order valence-corrected chi connectivity index (χ3v) is 3.28. The van der Waals surface area contributed by atoms with Crippen LogP contribution < -0.4 is 9.47 Å². The number of halogens is 1. The number of aryl methyl sites for hydroxylation is 1. The summed E-state index contributed by atoms with van der Waals surface area (Å²) < 4.78 is 11.4. The molecule has 0 bridgehead atoms. The lowest BCUT2D eigenvalue weighted by atomic mass is 10.1. The Hall–Kier alpha value is -2.20. The summed E-state index contributed by atoms with van der Waals surface area (Å²) >= 11 is 6.26. The number of nitrogens with zero attached hydrogens (tertiary/aromatic N) is 1. The van der Waals surface area contributed by atoms with Crippen molar-refractivity contribution >= 4 is 17.8 Å². The van der Waals surface area contributed by atoms with E-state index in [0.29, 0.717) is 35.3 Å². The fraction of sp³-hybridized carbons (Fsp3) is 0.235. The summed E-state index contributed by atoms with van der Waals surface area (Å²) in [5.41, 5.74) is 2.87. The number of oxime groups is 1. The van der Waals surface area contributed by atoms with Crippen molar-refractivity contribution < 1.29 is 14.7 Å². The van der Waals surface area contributed by atoms with Crippen molar-refractivity contribution in [3.8, 4) is 11.5 Å². The molecule has 2 rings (SSSR count). The molecular weight excluding hydrogens is 302 g/mol. The largest absolute Gasteiger partial charge is 0.490 e. The molecule has 116 valence electrons. The first-order valence-electron chi connectivity index (χ1n) is 6.96. The summed E-state index contributed by atoms with van der Waals surface area (Å²) in [7, 11) is 0. The molecule has 2 aromatic carbocycles. The van der Waals surface area contributed by atoms with Crippen LogP contribution in [0.5, 0.6) is 11.5 Å². The monoisotopic (exact) mass is 319 g/mol. The van der Waals surface area contributed by atoms with Crippen molar-refractivity contribution in [1.29, 1.82) is 0 Å². The van der Waals surface area contributed by atoms with Crippen LogP contribution in [0.15, 0.2) is 41.6 Å². The SMILES string of the molecule is CCOc1cc(/C=N/O)cc(Cl)c1OCc1cccc(C)c1. The van der Waals surface area contributed by atoms with E-state index in [2.05, 4.69) is 11.2 Å². The van der Waals surface area contributed by atoms with E-state index in [1.54, 1.807) is 12.1 Å². The van der Waals surface area contributed by atoms with E-state index < -0.39 is 0 Å². The van der Waals surface area contributed by atoms with Crippen LogP contribution in [0.1, 0.15) is 23.6 Å². The third-order valence-electron chi connectivity index (χ3n) is 3.00. The molecule has 0 aliphatic carbocycles. The van der Waals surface area contributed by atoms with Gasteiger partial charge in [0.25, 0.3) is 0 Å². The maximum Gasteiger partial charge on any atom is 0.180 e. The van der Waals surface area contributed by atoms with Crippen LogP contribution in [0.3, 0.4) is 0 Å². The molecule has 0 amide bonds. The number of benzene rings is 2. The Kier molecular flexibility index (Phi) is 5.67. The molecule has 0 unspecified atom stereocenters. The summed E-state index contributed by atoms with van der Waals surface area (Å²) in [5, 5.41) is 12.0. The van der Waals surface area contributed by atoms with Gasteiger partial charge in [-0.2, -0.15) is 0 Å². The van der Waals surface area contributed by atoms with Crippen LogP contribution in [0.4, 0.5) is 0 Å². The topological polar surface area (TPSA) is 51.0 Å². The van der Waals surface area contributed by atoms with Gasteiger partial charge in [0.2, 0.25) is 0 Å². The average Bonchev–Trinajstić information content (AvgIpc) is 2.47. The molecule has 2 aromatic rings. The summed E-state index contributed by atoms with van der Waals surface area (Å²) in [5.74, 6) is 1.01. The Bertz CT molecular complexity index is 671. The van der Waals surface area contributed by atoms with Crippen LogP contribution in [-0.4, -0.2) is 18.0 Å². The second-order valence-corrected chi connectivity index (χ2v) is 5.19. The Labute approximate surface area is 134 Å². The van der Waals surface area contributed by atoms with E-state index >= 15 is 0 Å². The Morgan fingerprint density at radius 2 is 2.05 bits per heavy atom. The standard InChI is InChI=1S/C17H18ClNO3/c1-3-21-16-9-14(10-19-20)8-15(18)17(16)22-11-13-6-4-5-12(2)7-13/h4-10,20H,3,11H2,1-2H3/b19-10+. The van der Waals surface area contributed by atoms with Crippen molar-refractivity contribution in [3.63, 3.8) is 0 Å². The highest BCUT2D eigenvalue weighted by Crippen LogP contribution is 2.36. The number of hydrogen-bond acceptors (Lipinski definition) is 4. The van der Waals surface area contributed by atoms with E-state index in [1.165, 1.54) is 11.8 Å². The predicted octanol–water partition coefficient (Wildman–Crippen LogP) is 4.43. The van der Waals surface area contributed by atoms with Crippen LogP contribution in [0, 0.1) is 6.92 Å². The van der Waals surface area contributed by atoms with Gasteiger partial charge in [-0.15, -0.1) is 0 Å². The zero-order chi connectivity index (χ0) is 15.9. The highest BCUT2D eigenvalue weighted by atomic mass is 35.5. The van der Waals surface area contributed by atoms with Gasteiger partial charge in [0, 0.05) is 5.56 Å². The van der Waals surface area contributed by atoms with Crippen LogP contribution in [0.25, 0.3) is 0 Å². The molecule has 0 aliphatic rings. The number of ether oxygens (including phenoxy) is 2. The minimum Gasteiger partial charge on any atom is -0.490 e. The van der Waals surface area contributed by atoms with E-state index in [0.717, 1.165) is 5.56 Å². The van der Waals surface area contributed by atoms with Gasteiger partial charge in [0.05, 0.1) is 17.8 Å². The molecule has 22 heavy (non-hydrogen) atoms. The van der Waals surface area contributed by atoms with Crippen molar-refractivity contribution in [2.75, 3.05) is 6.61 Å². The smallest absolute Gasteiger partial charge is 0.180 e. The zero-order valence-corrected chi connectivity index (χ0v) is 13.3. The fourth-order valence-corrected chi connectivity index (χ4v) is 2.36. The van der Waals surface area contributed by atoms with Crippen molar-refractivity contribution in [2.24, 2.45) is 5.16 Å². The van der Waals surface area contributed by atoms with Crippen molar-refractivity contribution in [3.05, 3.63) is 58.1 Å². The molecule has 4 nitrogen and oxygen atoms in total. The molecule has 0 spiro atoms. The Morgan fingerprint density at radius 1 is 1.23 bits per heavy atom. The molecule has 0 saturated carbocycles. The summed E-state index contributed by atoms with van der Waals surface area (Å²) in [4.78, 5) is 0. The molecule has 0 radical (unpaired) electrons. The van der Waals surface area contributed by atoms with Crippen molar-refractivity contribution in [2.45, 2.75) is 20.5 Å². The maximum absolute atomic E-state index is 8.63. The summed E-state index contributed by atoms with van der Waals surface area (Å²) in [6.07, 6.45) is 1.29. The highest BCUT2D eigenvalue weighted by Gasteiger charge is 2.12. The van der Waals surface area contributed by atoms with Gasteiger partial charge in [0.15, 0.2) is 11.5 Å². The molecule has 0 aromatic heterocycles. The second-order valence-electron chi connectivity index (χ2n) is 4.79. The van der Waals surface area contributed by atoms with Gasteiger partial charge >= 0.3 is 0 Å². The van der Waals surface area contributed by atoms with E-state index in [-0.39, 0.29) is 0 Å². The van der Waals surface area contributed by atoms with Crippen LogP contribution >= 0.6 is 11.6 Å². The molecule has 0 aliphatic heterocycles. The first-order chi connectivity index (χ1) is 10.6. The number of rotatable bonds is 6. The predicted molar refractivity (Wildman–Crippen MR) is 87.5 cm³/mol. The molecule has 0 atom stereocenters. The molecule has 0 fully saturated rings. The van der Waals surface area contributed by atoms with Gasteiger partial charge in [-0.1, -0.05) is 46.6 Å². The molecule has 5 heteroatoms. The van der Waals surface area contributed by atoms with E-state index in [1.807, 2.05) is 32.0 Å². The second kappa shape index (κ2) is 7.71. The van der Waals surface area contributed by atoms with Crippen molar-refractivity contribution in [1.82, 2.24) is 0 Å². The zero-order valence-electron chi connectivity index (χ0n) is 12.5.